The number of esters is 1. The maximum atomic E-state index is 11.8. The molecule has 0 aliphatic rings. The van der Waals surface area contributed by atoms with Crippen molar-refractivity contribution < 1.29 is 9.53 Å². The monoisotopic (exact) mass is 264 g/mol. The summed E-state index contributed by atoms with van der Waals surface area (Å²) in [5.41, 5.74) is 1.78. The van der Waals surface area contributed by atoms with E-state index >= 15 is 0 Å². The normalized spacial score (nSPS) is 12.8. The largest absolute Gasteiger partial charge is 0.459 e. The average Bonchev–Trinajstić information content (AvgIpc) is 2.35. The first kappa shape index (κ1) is 15.7. The second-order valence-electron chi connectivity index (χ2n) is 5.11. The van der Waals surface area contributed by atoms with Crippen LogP contribution in [0, 0.1) is 0 Å². The molecule has 0 aliphatic heterocycles. The van der Waals surface area contributed by atoms with Gasteiger partial charge in [0.1, 0.15) is 0 Å². The number of ether oxygens (including phenoxy) is 1. The second-order valence-corrected chi connectivity index (χ2v) is 5.11. The number of nitrogens with one attached hydrogen (secondary N) is 1. The van der Waals surface area contributed by atoms with Crippen LogP contribution in [-0.2, 0) is 4.74 Å². The zero-order chi connectivity index (χ0) is 14.4. The molecule has 0 spiro atoms. The Labute approximate surface area is 115 Å². The van der Waals surface area contributed by atoms with Gasteiger partial charge in [-0.3, -0.25) is 0 Å². The van der Waals surface area contributed by atoms with E-state index in [1.807, 2.05) is 59.3 Å². The van der Waals surface area contributed by atoms with Gasteiger partial charge >= 0.3 is 5.97 Å². The molecule has 1 rings (SSSR count). The molecule has 1 aromatic rings. The third-order valence-electron chi connectivity index (χ3n) is 2.89. The van der Waals surface area contributed by atoms with Crippen molar-refractivity contribution in [1.82, 2.24) is 10.2 Å². The van der Waals surface area contributed by atoms with Crippen molar-refractivity contribution in [1.29, 1.82) is 0 Å². The highest BCUT2D eigenvalue weighted by molar-refractivity contribution is 5.89. The van der Waals surface area contributed by atoms with Gasteiger partial charge in [0.15, 0.2) is 0 Å². The Kier molecular flexibility index (Phi) is 5.99. The summed E-state index contributed by atoms with van der Waals surface area (Å²) in [6.07, 6.45) is -0.0917. The Hall–Kier alpha value is -1.39. The predicted molar refractivity (Wildman–Crippen MR) is 77.3 cm³/mol. The lowest BCUT2D eigenvalue weighted by Gasteiger charge is -2.24. The lowest BCUT2D eigenvalue weighted by molar-refractivity contribution is 0.0378. The van der Waals surface area contributed by atoms with Crippen LogP contribution in [0.1, 0.15) is 35.8 Å². The fraction of sp³-hybridized carbons (Fsp3) is 0.533. The van der Waals surface area contributed by atoms with E-state index in [0.29, 0.717) is 11.6 Å². The third-order valence-corrected chi connectivity index (χ3v) is 2.89. The molecular weight excluding hydrogens is 240 g/mol. The number of benzene rings is 1. The lowest BCUT2D eigenvalue weighted by Crippen LogP contribution is -2.29. The van der Waals surface area contributed by atoms with E-state index in [1.54, 1.807) is 0 Å². The van der Waals surface area contributed by atoms with E-state index in [1.165, 1.54) is 5.56 Å². The fourth-order valence-electron chi connectivity index (χ4n) is 1.92. The van der Waals surface area contributed by atoms with Crippen LogP contribution in [-0.4, -0.2) is 44.7 Å². The number of rotatable bonds is 6. The number of hydrogen-bond acceptors (Lipinski definition) is 4. The van der Waals surface area contributed by atoms with E-state index in [9.17, 15) is 4.79 Å². The van der Waals surface area contributed by atoms with Crippen molar-refractivity contribution in [3.8, 4) is 0 Å². The van der Waals surface area contributed by atoms with Gasteiger partial charge in [-0.1, -0.05) is 12.1 Å². The smallest absolute Gasteiger partial charge is 0.338 e. The van der Waals surface area contributed by atoms with Crippen molar-refractivity contribution in [2.24, 2.45) is 0 Å². The van der Waals surface area contributed by atoms with Gasteiger partial charge in [-0.15, -0.1) is 0 Å². The Balaban J connectivity index is 2.82. The predicted octanol–water partition coefficient (Wildman–Crippen LogP) is 2.07. The first-order valence-electron chi connectivity index (χ1n) is 6.57. The van der Waals surface area contributed by atoms with Crippen LogP contribution in [0.15, 0.2) is 24.3 Å². The molecule has 19 heavy (non-hydrogen) atoms. The Morgan fingerprint density at radius 3 is 2.26 bits per heavy atom. The molecule has 0 aliphatic carbocycles. The molecular formula is C15H24N2O2. The van der Waals surface area contributed by atoms with Gasteiger partial charge in [-0.05, 0) is 52.7 Å². The van der Waals surface area contributed by atoms with E-state index in [4.69, 9.17) is 4.74 Å². The molecule has 0 aromatic heterocycles. The second kappa shape index (κ2) is 7.26. The Morgan fingerprint density at radius 2 is 1.84 bits per heavy atom. The molecule has 0 saturated heterocycles. The van der Waals surface area contributed by atoms with Crippen LogP contribution in [0.3, 0.4) is 0 Å². The van der Waals surface area contributed by atoms with Crippen molar-refractivity contribution in [2.45, 2.75) is 26.0 Å². The summed E-state index contributed by atoms with van der Waals surface area (Å²) >= 11 is 0. The molecule has 4 nitrogen and oxygen atoms in total. The summed E-state index contributed by atoms with van der Waals surface area (Å²) in [5, 5.41) is 3.18. The van der Waals surface area contributed by atoms with Crippen LogP contribution >= 0.6 is 0 Å². The molecule has 0 heterocycles. The molecule has 0 saturated carbocycles. The fourth-order valence-corrected chi connectivity index (χ4v) is 1.92. The Bertz CT molecular complexity index is 399. The zero-order valence-corrected chi connectivity index (χ0v) is 12.4. The molecule has 0 fully saturated rings. The number of nitrogens with zero attached hydrogens (tertiary/aromatic N) is 1. The summed E-state index contributed by atoms with van der Waals surface area (Å²) in [5.74, 6) is -0.267. The topological polar surface area (TPSA) is 41.6 Å². The number of carbonyl (C=O) groups is 1. The van der Waals surface area contributed by atoms with E-state index in [0.717, 1.165) is 6.54 Å². The van der Waals surface area contributed by atoms with Crippen molar-refractivity contribution in [2.75, 3.05) is 27.7 Å². The summed E-state index contributed by atoms with van der Waals surface area (Å²) < 4.78 is 5.17. The molecule has 1 atom stereocenters. The number of carbonyl (C=O) groups excluding carboxylic acids is 1. The standard InChI is InChI=1S/C15H24N2O2/c1-11(2)19-15(18)13-8-6-12(7-9-13)14(10-16-3)17(4)5/h6-9,11,14,16H,10H2,1-5H3. The molecule has 1 aromatic carbocycles. The first-order chi connectivity index (χ1) is 8.95. The van der Waals surface area contributed by atoms with E-state index < -0.39 is 0 Å². The average molecular weight is 264 g/mol. The number of likely N-dealkylation sites (N-methyl/N-ethyl adjacent to an activating group) is 2. The molecule has 0 radical (unpaired) electrons. The minimum Gasteiger partial charge on any atom is -0.459 e. The maximum Gasteiger partial charge on any atom is 0.338 e. The molecule has 1 unspecified atom stereocenters. The van der Waals surface area contributed by atoms with Gasteiger partial charge in [-0.2, -0.15) is 0 Å². The van der Waals surface area contributed by atoms with Gasteiger partial charge < -0.3 is 15.0 Å². The summed E-state index contributed by atoms with van der Waals surface area (Å²) in [6, 6.07) is 7.91. The first-order valence-corrected chi connectivity index (χ1v) is 6.57. The quantitative estimate of drug-likeness (QED) is 0.799. The highest BCUT2D eigenvalue weighted by Gasteiger charge is 2.14. The van der Waals surface area contributed by atoms with Crippen LogP contribution in [0.4, 0.5) is 0 Å². The highest BCUT2D eigenvalue weighted by Crippen LogP contribution is 2.18. The van der Waals surface area contributed by atoms with Crippen LogP contribution in [0.5, 0.6) is 0 Å². The van der Waals surface area contributed by atoms with E-state index in [2.05, 4.69) is 10.2 Å². The molecule has 106 valence electrons. The summed E-state index contributed by atoms with van der Waals surface area (Å²) in [6.45, 7) is 4.56. The van der Waals surface area contributed by atoms with E-state index in [-0.39, 0.29) is 12.1 Å². The zero-order valence-electron chi connectivity index (χ0n) is 12.4. The molecule has 0 amide bonds. The van der Waals surface area contributed by atoms with Gasteiger partial charge in [0.05, 0.1) is 11.7 Å². The summed E-state index contributed by atoms with van der Waals surface area (Å²) in [4.78, 5) is 13.9. The van der Waals surface area contributed by atoms with Gasteiger partial charge in [0.25, 0.3) is 0 Å². The van der Waals surface area contributed by atoms with Gasteiger partial charge in [0.2, 0.25) is 0 Å². The minimum absolute atomic E-state index is 0.0917. The van der Waals surface area contributed by atoms with Crippen LogP contribution in [0.25, 0.3) is 0 Å². The van der Waals surface area contributed by atoms with Crippen molar-refractivity contribution >= 4 is 5.97 Å². The molecule has 1 N–H and O–H groups in total. The minimum atomic E-state index is -0.267. The molecule has 0 bridgehead atoms. The van der Waals surface area contributed by atoms with Crippen LogP contribution < -0.4 is 5.32 Å². The van der Waals surface area contributed by atoms with Crippen molar-refractivity contribution in [3.63, 3.8) is 0 Å². The summed E-state index contributed by atoms with van der Waals surface area (Å²) in [7, 11) is 6.02. The van der Waals surface area contributed by atoms with Crippen LogP contribution in [0.2, 0.25) is 0 Å². The third kappa shape index (κ3) is 4.65. The Morgan fingerprint density at radius 1 is 1.26 bits per heavy atom. The van der Waals surface area contributed by atoms with Gasteiger partial charge in [-0.25, -0.2) is 4.79 Å². The SMILES string of the molecule is CNCC(c1ccc(C(=O)OC(C)C)cc1)N(C)C. The number of hydrogen-bond donors (Lipinski definition) is 1. The van der Waals surface area contributed by atoms with Gasteiger partial charge in [0, 0.05) is 12.6 Å². The highest BCUT2D eigenvalue weighted by atomic mass is 16.5. The van der Waals surface area contributed by atoms with Crippen molar-refractivity contribution in [3.05, 3.63) is 35.4 Å². The maximum absolute atomic E-state index is 11.8. The molecule has 4 heteroatoms. The lowest BCUT2D eigenvalue weighted by atomic mass is 10.0.